The second kappa shape index (κ2) is 8.40. The summed E-state index contributed by atoms with van der Waals surface area (Å²) in [5, 5.41) is 7.56. The molecule has 1 fully saturated rings. The number of anilines is 1. The number of rotatable bonds is 5. The fourth-order valence-electron chi connectivity index (χ4n) is 3.45. The van der Waals surface area contributed by atoms with Crippen LogP contribution in [0, 0.1) is 5.82 Å². The second-order valence-electron chi connectivity index (χ2n) is 7.02. The lowest BCUT2D eigenvalue weighted by Gasteiger charge is -2.34. The molecule has 4 rings (SSSR count). The van der Waals surface area contributed by atoms with Gasteiger partial charge in [-0.05, 0) is 30.3 Å². The van der Waals surface area contributed by atoms with Crippen LogP contribution in [0.5, 0.6) is 0 Å². The smallest absolute Gasteiger partial charge is 0.238 e. The summed E-state index contributed by atoms with van der Waals surface area (Å²) in [7, 11) is 0. The van der Waals surface area contributed by atoms with Crippen molar-refractivity contribution in [3.05, 3.63) is 60.0 Å². The normalized spacial score (nSPS) is 14.9. The largest absolute Gasteiger partial charge is 0.356 e. The molecule has 2 amide bonds. The highest BCUT2D eigenvalue weighted by molar-refractivity contribution is 5.92. The van der Waals surface area contributed by atoms with Crippen LogP contribution in [-0.2, 0) is 16.0 Å². The number of amides is 2. The maximum atomic E-state index is 13.2. The Morgan fingerprint density at radius 1 is 1.07 bits per heavy atom. The molecular weight excluding hydrogens is 375 g/mol. The highest BCUT2D eigenvalue weighted by Crippen LogP contribution is 2.19. The monoisotopic (exact) mass is 396 g/mol. The van der Waals surface area contributed by atoms with Crippen molar-refractivity contribution in [1.29, 1.82) is 0 Å². The van der Waals surface area contributed by atoms with Crippen LogP contribution in [0.3, 0.4) is 0 Å². The van der Waals surface area contributed by atoms with Crippen molar-refractivity contribution in [2.24, 2.45) is 0 Å². The molecule has 0 unspecified atom stereocenters. The topological polar surface area (TPSA) is 78.7 Å². The van der Waals surface area contributed by atoms with E-state index in [0.29, 0.717) is 43.1 Å². The third kappa shape index (κ3) is 4.60. The summed E-state index contributed by atoms with van der Waals surface area (Å²) in [6.45, 7) is 2.49. The van der Waals surface area contributed by atoms with Crippen LogP contribution in [0.1, 0.15) is 5.69 Å². The summed E-state index contributed by atoms with van der Waals surface area (Å²) >= 11 is 0. The first-order valence-electron chi connectivity index (χ1n) is 9.47. The summed E-state index contributed by atoms with van der Waals surface area (Å²) in [4.78, 5) is 28.5. The summed E-state index contributed by atoms with van der Waals surface area (Å²) in [5.41, 5.74) is 1.75. The van der Waals surface area contributed by atoms with Crippen molar-refractivity contribution < 1.29 is 18.5 Å². The van der Waals surface area contributed by atoms with E-state index in [1.54, 1.807) is 17.0 Å². The lowest BCUT2D eigenvalue weighted by Crippen LogP contribution is -2.50. The number of benzene rings is 2. The molecule has 29 heavy (non-hydrogen) atoms. The molecule has 0 aliphatic carbocycles. The quantitative estimate of drug-likeness (QED) is 0.716. The van der Waals surface area contributed by atoms with Crippen LogP contribution in [0.25, 0.3) is 11.0 Å². The van der Waals surface area contributed by atoms with E-state index in [-0.39, 0.29) is 24.8 Å². The van der Waals surface area contributed by atoms with E-state index in [9.17, 15) is 14.0 Å². The van der Waals surface area contributed by atoms with E-state index in [4.69, 9.17) is 4.52 Å². The van der Waals surface area contributed by atoms with Crippen LogP contribution in [0.15, 0.2) is 53.1 Å². The Kier molecular flexibility index (Phi) is 5.53. The molecule has 3 aromatic rings. The van der Waals surface area contributed by atoms with Gasteiger partial charge < -0.3 is 14.7 Å². The van der Waals surface area contributed by atoms with Crippen molar-refractivity contribution in [3.63, 3.8) is 0 Å². The Balaban J connectivity index is 1.26. The van der Waals surface area contributed by atoms with E-state index < -0.39 is 5.82 Å². The standard InChI is InChI=1S/C21H21FN4O3/c22-15-4-3-5-16(12-15)23-20(27)14-25-8-10-26(11-9-25)21(28)13-18-17-6-1-2-7-19(17)29-24-18/h1-7,12H,8-11,13-14H2,(H,23,27). The van der Waals surface area contributed by atoms with Gasteiger partial charge >= 0.3 is 0 Å². The molecule has 0 radical (unpaired) electrons. The number of aromatic nitrogens is 1. The Bertz CT molecular complexity index is 1030. The number of hydrogen-bond acceptors (Lipinski definition) is 5. The van der Waals surface area contributed by atoms with E-state index in [2.05, 4.69) is 10.5 Å². The maximum Gasteiger partial charge on any atom is 0.238 e. The number of nitrogens with zero attached hydrogens (tertiary/aromatic N) is 3. The highest BCUT2D eigenvalue weighted by Gasteiger charge is 2.24. The predicted molar refractivity (Wildman–Crippen MR) is 106 cm³/mol. The Morgan fingerprint density at radius 2 is 1.86 bits per heavy atom. The van der Waals surface area contributed by atoms with Crippen molar-refractivity contribution in [2.45, 2.75) is 6.42 Å². The first-order chi connectivity index (χ1) is 14.1. The molecule has 0 atom stereocenters. The van der Waals surface area contributed by atoms with Gasteiger partial charge in [-0.1, -0.05) is 23.4 Å². The van der Waals surface area contributed by atoms with Crippen molar-refractivity contribution in [1.82, 2.24) is 15.0 Å². The number of para-hydroxylation sites is 1. The Morgan fingerprint density at radius 3 is 2.66 bits per heavy atom. The second-order valence-corrected chi connectivity index (χ2v) is 7.02. The number of halogens is 1. The highest BCUT2D eigenvalue weighted by atomic mass is 19.1. The first-order valence-corrected chi connectivity index (χ1v) is 9.47. The van der Waals surface area contributed by atoms with Crippen molar-refractivity contribution in [3.8, 4) is 0 Å². The van der Waals surface area contributed by atoms with E-state index in [1.165, 1.54) is 12.1 Å². The van der Waals surface area contributed by atoms with Gasteiger partial charge in [0.15, 0.2) is 5.58 Å². The minimum Gasteiger partial charge on any atom is -0.356 e. The lowest BCUT2D eigenvalue weighted by atomic mass is 10.1. The fourth-order valence-corrected chi connectivity index (χ4v) is 3.45. The number of carbonyl (C=O) groups is 2. The molecule has 0 saturated carbocycles. The fraction of sp³-hybridized carbons (Fsp3) is 0.286. The van der Waals surface area contributed by atoms with Gasteiger partial charge in [-0.25, -0.2) is 4.39 Å². The maximum absolute atomic E-state index is 13.2. The van der Waals surface area contributed by atoms with Crippen LogP contribution in [-0.4, -0.2) is 59.5 Å². The zero-order valence-corrected chi connectivity index (χ0v) is 15.8. The first kappa shape index (κ1) is 19.1. The number of hydrogen-bond donors (Lipinski definition) is 1. The summed E-state index contributed by atoms with van der Waals surface area (Å²) in [6, 6.07) is 13.3. The molecule has 150 valence electrons. The van der Waals surface area contributed by atoms with Gasteiger partial charge in [-0.15, -0.1) is 0 Å². The number of carbonyl (C=O) groups excluding carboxylic acids is 2. The molecule has 2 aromatic carbocycles. The molecule has 0 bridgehead atoms. The molecule has 1 saturated heterocycles. The zero-order chi connectivity index (χ0) is 20.2. The van der Waals surface area contributed by atoms with Gasteiger partial charge in [0.1, 0.15) is 11.5 Å². The van der Waals surface area contributed by atoms with Crippen LogP contribution in [0.4, 0.5) is 10.1 Å². The molecule has 8 heteroatoms. The molecule has 1 aliphatic rings. The number of nitrogens with one attached hydrogen (secondary N) is 1. The lowest BCUT2D eigenvalue weighted by molar-refractivity contribution is -0.132. The minimum atomic E-state index is -0.394. The molecule has 1 N–H and O–H groups in total. The van der Waals surface area contributed by atoms with Crippen LogP contribution >= 0.6 is 0 Å². The van der Waals surface area contributed by atoms with Gasteiger partial charge in [0.2, 0.25) is 11.8 Å². The molecule has 2 heterocycles. The van der Waals surface area contributed by atoms with Gasteiger partial charge in [-0.2, -0.15) is 0 Å². The third-order valence-corrected chi connectivity index (χ3v) is 4.97. The zero-order valence-electron chi connectivity index (χ0n) is 15.8. The van der Waals surface area contributed by atoms with Crippen molar-refractivity contribution in [2.75, 3.05) is 38.0 Å². The van der Waals surface area contributed by atoms with E-state index >= 15 is 0 Å². The average molecular weight is 396 g/mol. The van der Waals surface area contributed by atoms with E-state index in [0.717, 1.165) is 5.39 Å². The number of piperazine rings is 1. The summed E-state index contributed by atoms with van der Waals surface area (Å²) in [6.07, 6.45) is 0.192. The van der Waals surface area contributed by atoms with Gasteiger partial charge in [0.05, 0.1) is 13.0 Å². The third-order valence-electron chi connectivity index (χ3n) is 4.97. The van der Waals surface area contributed by atoms with Gasteiger partial charge in [0.25, 0.3) is 0 Å². The molecule has 1 aliphatic heterocycles. The Labute approximate surface area is 167 Å². The Hall–Kier alpha value is -3.26. The minimum absolute atomic E-state index is 0.00656. The summed E-state index contributed by atoms with van der Waals surface area (Å²) in [5.74, 6) is -0.604. The van der Waals surface area contributed by atoms with Gasteiger partial charge in [-0.3, -0.25) is 14.5 Å². The summed E-state index contributed by atoms with van der Waals surface area (Å²) < 4.78 is 18.5. The SMILES string of the molecule is O=C(CN1CCN(C(=O)Cc2noc3ccccc23)CC1)Nc1cccc(F)c1. The number of fused-ring (bicyclic) bond motifs is 1. The van der Waals surface area contributed by atoms with Gasteiger partial charge in [0, 0.05) is 37.3 Å². The van der Waals surface area contributed by atoms with Crippen LogP contribution < -0.4 is 5.32 Å². The van der Waals surface area contributed by atoms with Crippen molar-refractivity contribution >= 4 is 28.5 Å². The molecular formula is C21H21FN4O3. The predicted octanol–water partition coefficient (Wildman–Crippen LogP) is 2.29. The average Bonchev–Trinajstić information content (AvgIpc) is 3.11. The van der Waals surface area contributed by atoms with E-state index in [1.807, 2.05) is 29.2 Å². The molecule has 7 nitrogen and oxygen atoms in total. The molecule has 0 spiro atoms. The van der Waals surface area contributed by atoms with Crippen LogP contribution in [0.2, 0.25) is 0 Å². The molecule has 1 aromatic heterocycles.